The molecule has 1 fully saturated rings. The molecule has 0 saturated carbocycles. The Labute approximate surface area is 110 Å². The molecule has 0 amide bonds. The van der Waals surface area contributed by atoms with Crippen LogP contribution in [0.5, 0.6) is 0 Å². The van der Waals surface area contributed by atoms with Gasteiger partial charge in [0.1, 0.15) is 0 Å². The fraction of sp³-hybridized carbons (Fsp3) is 0.600. The Morgan fingerprint density at radius 3 is 2.67 bits per heavy atom. The fourth-order valence-corrected chi connectivity index (χ4v) is 2.65. The number of para-hydroxylation sites is 1. The summed E-state index contributed by atoms with van der Waals surface area (Å²) in [6.45, 7) is 8.75. The molecule has 2 N–H and O–H groups in total. The number of piperidine rings is 1. The van der Waals surface area contributed by atoms with Gasteiger partial charge in [0.25, 0.3) is 0 Å². The minimum absolute atomic E-state index is 0.159. The van der Waals surface area contributed by atoms with Gasteiger partial charge in [-0.1, -0.05) is 39.0 Å². The summed E-state index contributed by atoms with van der Waals surface area (Å²) in [5.74, 6) is 5.34. The summed E-state index contributed by atoms with van der Waals surface area (Å²) in [5, 5.41) is 0. The summed E-state index contributed by atoms with van der Waals surface area (Å²) in [7, 11) is 0. The van der Waals surface area contributed by atoms with Crippen molar-refractivity contribution in [3.8, 4) is 0 Å². The van der Waals surface area contributed by atoms with Gasteiger partial charge in [-0.3, -0.25) is 4.84 Å². The second-order valence-corrected chi connectivity index (χ2v) is 6.11. The maximum atomic E-state index is 5.34. The van der Waals surface area contributed by atoms with Gasteiger partial charge in [0.2, 0.25) is 0 Å². The smallest absolute Gasteiger partial charge is 0.0962 e. The van der Waals surface area contributed by atoms with Crippen molar-refractivity contribution < 1.29 is 4.84 Å². The van der Waals surface area contributed by atoms with Gasteiger partial charge in [0.05, 0.1) is 6.10 Å². The Morgan fingerprint density at radius 1 is 1.28 bits per heavy atom. The number of rotatable bonds is 2. The topological polar surface area (TPSA) is 38.5 Å². The van der Waals surface area contributed by atoms with Crippen molar-refractivity contribution in [1.82, 2.24) is 0 Å². The lowest BCUT2D eigenvalue weighted by Gasteiger charge is -2.36. The Kier molecular flexibility index (Phi) is 3.93. The van der Waals surface area contributed by atoms with Crippen molar-refractivity contribution in [2.75, 3.05) is 18.0 Å². The third-order valence-corrected chi connectivity index (χ3v) is 3.62. The summed E-state index contributed by atoms with van der Waals surface area (Å²) < 4.78 is 0. The van der Waals surface area contributed by atoms with Crippen LogP contribution in [0.3, 0.4) is 0 Å². The predicted octanol–water partition coefficient (Wildman–Crippen LogP) is 2.84. The number of anilines is 1. The molecule has 0 spiro atoms. The van der Waals surface area contributed by atoms with Crippen LogP contribution in [0.1, 0.15) is 39.2 Å². The Morgan fingerprint density at radius 2 is 2.00 bits per heavy atom. The molecule has 100 valence electrons. The van der Waals surface area contributed by atoms with E-state index in [1.54, 1.807) is 0 Å². The highest BCUT2D eigenvalue weighted by molar-refractivity contribution is 5.56. The summed E-state index contributed by atoms with van der Waals surface area (Å²) in [6.07, 6.45) is 2.36. The zero-order valence-electron chi connectivity index (χ0n) is 11.6. The molecule has 1 atom stereocenters. The van der Waals surface area contributed by atoms with E-state index in [-0.39, 0.29) is 11.5 Å². The van der Waals surface area contributed by atoms with Crippen LogP contribution in [0.2, 0.25) is 0 Å². The van der Waals surface area contributed by atoms with E-state index in [1.165, 1.54) is 11.3 Å². The maximum absolute atomic E-state index is 5.34. The van der Waals surface area contributed by atoms with Gasteiger partial charge in [0.15, 0.2) is 0 Å². The summed E-state index contributed by atoms with van der Waals surface area (Å²) >= 11 is 0. The summed E-state index contributed by atoms with van der Waals surface area (Å²) in [6, 6.07) is 8.66. The molecule has 1 aromatic rings. The van der Waals surface area contributed by atoms with Crippen LogP contribution in [0, 0.1) is 0 Å². The molecule has 0 radical (unpaired) electrons. The van der Waals surface area contributed by atoms with Gasteiger partial charge >= 0.3 is 0 Å². The van der Waals surface area contributed by atoms with E-state index >= 15 is 0 Å². The lowest BCUT2D eigenvalue weighted by atomic mass is 9.85. The number of nitrogens with zero attached hydrogens (tertiary/aromatic N) is 1. The molecule has 0 aromatic heterocycles. The van der Waals surface area contributed by atoms with E-state index in [0.717, 1.165) is 25.9 Å². The molecule has 1 saturated heterocycles. The van der Waals surface area contributed by atoms with E-state index in [9.17, 15) is 0 Å². The van der Waals surface area contributed by atoms with Gasteiger partial charge in [0, 0.05) is 18.8 Å². The van der Waals surface area contributed by atoms with Crippen LogP contribution in [-0.4, -0.2) is 19.2 Å². The average molecular weight is 248 g/mol. The molecule has 0 aliphatic carbocycles. The first-order valence-electron chi connectivity index (χ1n) is 6.72. The maximum Gasteiger partial charge on any atom is 0.0962 e. The van der Waals surface area contributed by atoms with E-state index in [4.69, 9.17) is 10.7 Å². The third-order valence-electron chi connectivity index (χ3n) is 3.62. The standard InChI is InChI=1S/C15H24N2O/c1-15(2,3)13-8-4-5-9-14(13)17-10-6-7-12(11-17)18-16/h4-5,8-9,12H,6-7,10-11,16H2,1-3H3. The normalized spacial score (nSPS) is 21.1. The zero-order chi connectivity index (χ0) is 13.2. The van der Waals surface area contributed by atoms with E-state index in [2.05, 4.69) is 49.9 Å². The van der Waals surface area contributed by atoms with Crippen molar-refractivity contribution in [3.05, 3.63) is 29.8 Å². The minimum atomic E-state index is 0.159. The van der Waals surface area contributed by atoms with E-state index in [0.29, 0.717) is 0 Å². The molecule has 2 rings (SSSR count). The average Bonchev–Trinajstić information content (AvgIpc) is 2.38. The fourth-order valence-electron chi connectivity index (χ4n) is 2.65. The first kappa shape index (κ1) is 13.4. The summed E-state index contributed by atoms with van der Waals surface area (Å²) in [4.78, 5) is 7.43. The molecule has 0 bridgehead atoms. The van der Waals surface area contributed by atoms with E-state index < -0.39 is 0 Å². The number of nitrogens with two attached hydrogens (primary N) is 1. The molecular formula is C15H24N2O. The Hall–Kier alpha value is -1.06. The molecule has 1 aliphatic heterocycles. The lowest BCUT2D eigenvalue weighted by Crippen LogP contribution is -2.41. The van der Waals surface area contributed by atoms with Crippen LogP contribution in [0.4, 0.5) is 5.69 Å². The van der Waals surface area contributed by atoms with E-state index in [1.807, 2.05) is 0 Å². The molecule has 1 aliphatic rings. The molecule has 3 nitrogen and oxygen atoms in total. The van der Waals surface area contributed by atoms with Gasteiger partial charge in [-0.15, -0.1) is 0 Å². The molecule has 1 aromatic carbocycles. The van der Waals surface area contributed by atoms with Crippen molar-refractivity contribution in [1.29, 1.82) is 0 Å². The number of hydrogen-bond acceptors (Lipinski definition) is 3. The van der Waals surface area contributed by atoms with Crippen LogP contribution in [0.15, 0.2) is 24.3 Å². The first-order valence-corrected chi connectivity index (χ1v) is 6.72. The van der Waals surface area contributed by atoms with Gasteiger partial charge in [-0.2, -0.15) is 0 Å². The molecule has 1 heterocycles. The lowest BCUT2D eigenvalue weighted by molar-refractivity contribution is 0.0434. The quantitative estimate of drug-likeness (QED) is 0.818. The predicted molar refractivity (Wildman–Crippen MR) is 75.6 cm³/mol. The minimum Gasteiger partial charge on any atom is -0.369 e. The molecular weight excluding hydrogens is 224 g/mol. The third kappa shape index (κ3) is 2.85. The monoisotopic (exact) mass is 248 g/mol. The highest BCUT2D eigenvalue weighted by atomic mass is 16.6. The zero-order valence-corrected chi connectivity index (χ0v) is 11.6. The largest absolute Gasteiger partial charge is 0.369 e. The molecule has 3 heteroatoms. The second kappa shape index (κ2) is 5.29. The number of hydrogen-bond donors (Lipinski definition) is 1. The van der Waals surface area contributed by atoms with Crippen molar-refractivity contribution in [2.45, 2.75) is 45.1 Å². The van der Waals surface area contributed by atoms with Crippen molar-refractivity contribution in [2.24, 2.45) is 5.90 Å². The first-order chi connectivity index (χ1) is 8.52. The van der Waals surface area contributed by atoms with Crippen molar-refractivity contribution in [3.63, 3.8) is 0 Å². The van der Waals surface area contributed by atoms with Gasteiger partial charge < -0.3 is 4.90 Å². The van der Waals surface area contributed by atoms with Crippen LogP contribution < -0.4 is 10.8 Å². The highest BCUT2D eigenvalue weighted by Crippen LogP contribution is 2.33. The second-order valence-electron chi connectivity index (χ2n) is 6.11. The number of benzene rings is 1. The summed E-state index contributed by atoms with van der Waals surface area (Å²) in [5.41, 5.74) is 2.88. The Balaban J connectivity index is 2.27. The SMILES string of the molecule is CC(C)(C)c1ccccc1N1CCCC(ON)C1. The van der Waals surface area contributed by atoms with Gasteiger partial charge in [-0.05, 0) is 29.9 Å². The Bertz CT molecular complexity index is 398. The van der Waals surface area contributed by atoms with Crippen LogP contribution in [-0.2, 0) is 10.3 Å². The van der Waals surface area contributed by atoms with Crippen LogP contribution in [0.25, 0.3) is 0 Å². The van der Waals surface area contributed by atoms with Gasteiger partial charge in [-0.25, -0.2) is 5.90 Å². The molecule has 1 unspecified atom stereocenters. The highest BCUT2D eigenvalue weighted by Gasteiger charge is 2.25. The van der Waals surface area contributed by atoms with Crippen molar-refractivity contribution >= 4 is 5.69 Å². The molecule has 18 heavy (non-hydrogen) atoms. The van der Waals surface area contributed by atoms with Crippen LogP contribution >= 0.6 is 0 Å².